The average Bonchev–Trinajstić information content (AvgIpc) is 3.00. The van der Waals surface area contributed by atoms with Gasteiger partial charge in [-0.15, -0.1) is 0 Å². The zero-order valence-corrected chi connectivity index (χ0v) is 11.6. The Bertz CT molecular complexity index is 534. The van der Waals surface area contributed by atoms with Gasteiger partial charge in [0.2, 0.25) is 5.91 Å². The normalized spacial score (nSPS) is 12.1. The molecule has 1 unspecified atom stereocenters. The van der Waals surface area contributed by atoms with Crippen LogP contribution in [-0.2, 0) is 17.8 Å². The average molecular weight is 272 g/mol. The Morgan fingerprint density at radius 2 is 2.05 bits per heavy atom. The van der Waals surface area contributed by atoms with E-state index in [9.17, 15) is 4.79 Å². The fourth-order valence-corrected chi connectivity index (χ4v) is 1.96. The molecule has 106 valence electrons. The van der Waals surface area contributed by atoms with Gasteiger partial charge in [-0.25, -0.2) is 0 Å². The standard InChI is InChI=1S/C15H20N4O/c1-12(19-10-2-9-18-19)15(20)17-11-14-5-3-13(4-6-14)7-8-16/h2-6,9-10,12H,7-8,11,16H2,1H3,(H,17,20). The number of nitrogens with two attached hydrogens (primary N) is 1. The summed E-state index contributed by atoms with van der Waals surface area (Å²) in [6, 6.07) is 9.63. The zero-order valence-electron chi connectivity index (χ0n) is 11.6. The van der Waals surface area contributed by atoms with Crippen LogP contribution in [0, 0.1) is 0 Å². The molecule has 2 rings (SSSR count). The second-order valence-corrected chi connectivity index (χ2v) is 4.74. The monoisotopic (exact) mass is 272 g/mol. The lowest BCUT2D eigenvalue weighted by Gasteiger charge is -2.12. The van der Waals surface area contributed by atoms with Crippen LogP contribution in [-0.4, -0.2) is 22.2 Å². The number of aromatic nitrogens is 2. The minimum absolute atomic E-state index is 0.0419. The largest absolute Gasteiger partial charge is 0.350 e. The molecule has 0 aliphatic rings. The van der Waals surface area contributed by atoms with Crippen molar-refractivity contribution in [2.45, 2.75) is 25.9 Å². The minimum atomic E-state index is -0.304. The van der Waals surface area contributed by atoms with Gasteiger partial charge in [0.05, 0.1) is 0 Å². The molecule has 0 saturated carbocycles. The van der Waals surface area contributed by atoms with Crippen molar-refractivity contribution in [2.75, 3.05) is 6.54 Å². The van der Waals surface area contributed by atoms with Crippen LogP contribution in [0.25, 0.3) is 0 Å². The molecule has 5 nitrogen and oxygen atoms in total. The number of rotatable bonds is 6. The highest BCUT2D eigenvalue weighted by atomic mass is 16.2. The van der Waals surface area contributed by atoms with Crippen molar-refractivity contribution in [3.8, 4) is 0 Å². The molecule has 1 heterocycles. The molecule has 0 saturated heterocycles. The van der Waals surface area contributed by atoms with Gasteiger partial charge in [0.15, 0.2) is 0 Å². The summed E-state index contributed by atoms with van der Waals surface area (Å²) >= 11 is 0. The van der Waals surface area contributed by atoms with Crippen LogP contribution in [0.3, 0.4) is 0 Å². The van der Waals surface area contributed by atoms with Gasteiger partial charge in [-0.05, 0) is 37.1 Å². The van der Waals surface area contributed by atoms with Crippen molar-refractivity contribution in [1.29, 1.82) is 0 Å². The highest BCUT2D eigenvalue weighted by Crippen LogP contribution is 2.07. The third-order valence-electron chi connectivity index (χ3n) is 3.22. The van der Waals surface area contributed by atoms with Gasteiger partial charge in [0, 0.05) is 18.9 Å². The van der Waals surface area contributed by atoms with Crippen LogP contribution in [0.5, 0.6) is 0 Å². The summed E-state index contributed by atoms with van der Waals surface area (Å²) < 4.78 is 1.64. The molecule has 20 heavy (non-hydrogen) atoms. The Balaban J connectivity index is 1.86. The molecular weight excluding hydrogens is 252 g/mol. The van der Waals surface area contributed by atoms with Crippen molar-refractivity contribution < 1.29 is 4.79 Å². The zero-order chi connectivity index (χ0) is 14.4. The Hall–Kier alpha value is -2.14. The van der Waals surface area contributed by atoms with Crippen LogP contribution in [0.2, 0.25) is 0 Å². The van der Waals surface area contributed by atoms with E-state index in [0.29, 0.717) is 13.1 Å². The van der Waals surface area contributed by atoms with Gasteiger partial charge in [0.1, 0.15) is 6.04 Å². The summed E-state index contributed by atoms with van der Waals surface area (Å²) in [5, 5.41) is 6.98. The third kappa shape index (κ3) is 3.68. The maximum atomic E-state index is 12.0. The molecule has 1 aromatic heterocycles. The lowest BCUT2D eigenvalue weighted by Crippen LogP contribution is -2.30. The Morgan fingerprint density at radius 3 is 2.65 bits per heavy atom. The van der Waals surface area contributed by atoms with Gasteiger partial charge >= 0.3 is 0 Å². The lowest BCUT2D eigenvalue weighted by molar-refractivity contribution is -0.124. The van der Waals surface area contributed by atoms with Crippen molar-refractivity contribution in [2.24, 2.45) is 5.73 Å². The first-order valence-corrected chi connectivity index (χ1v) is 6.75. The van der Waals surface area contributed by atoms with E-state index in [4.69, 9.17) is 5.73 Å². The Labute approximate surface area is 118 Å². The molecule has 1 atom stereocenters. The van der Waals surface area contributed by atoms with Crippen LogP contribution in [0.4, 0.5) is 0 Å². The number of carbonyl (C=O) groups is 1. The lowest BCUT2D eigenvalue weighted by atomic mass is 10.1. The van der Waals surface area contributed by atoms with Crippen molar-refractivity contribution in [3.05, 3.63) is 53.9 Å². The quantitative estimate of drug-likeness (QED) is 0.831. The van der Waals surface area contributed by atoms with E-state index >= 15 is 0 Å². The highest BCUT2D eigenvalue weighted by Gasteiger charge is 2.14. The van der Waals surface area contributed by atoms with Gasteiger partial charge in [0.25, 0.3) is 0 Å². The van der Waals surface area contributed by atoms with E-state index in [-0.39, 0.29) is 11.9 Å². The van der Waals surface area contributed by atoms with E-state index < -0.39 is 0 Å². The summed E-state index contributed by atoms with van der Waals surface area (Å²) in [5.41, 5.74) is 7.80. The maximum absolute atomic E-state index is 12.0. The predicted molar refractivity (Wildman–Crippen MR) is 78.0 cm³/mol. The van der Waals surface area contributed by atoms with Gasteiger partial charge in [-0.2, -0.15) is 5.10 Å². The summed E-state index contributed by atoms with van der Waals surface area (Å²) in [5.74, 6) is -0.0419. The summed E-state index contributed by atoms with van der Waals surface area (Å²) in [6.45, 7) is 3.00. The first-order chi connectivity index (χ1) is 9.70. The van der Waals surface area contributed by atoms with Crippen LogP contribution in [0.15, 0.2) is 42.7 Å². The molecule has 0 spiro atoms. The van der Waals surface area contributed by atoms with Gasteiger partial charge in [-0.1, -0.05) is 24.3 Å². The van der Waals surface area contributed by atoms with Crippen LogP contribution >= 0.6 is 0 Å². The third-order valence-corrected chi connectivity index (χ3v) is 3.22. The number of nitrogens with one attached hydrogen (secondary N) is 1. The number of carbonyl (C=O) groups excluding carboxylic acids is 1. The van der Waals surface area contributed by atoms with E-state index in [1.807, 2.05) is 31.2 Å². The predicted octanol–water partition coefficient (Wildman–Crippen LogP) is 1.26. The second-order valence-electron chi connectivity index (χ2n) is 4.74. The molecule has 0 bridgehead atoms. The van der Waals surface area contributed by atoms with E-state index in [1.54, 1.807) is 23.1 Å². The number of amides is 1. The molecule has 1 aromatic carbocycles. The molecule has 0 aliphatic heterocycles. The van der Waals surface area contributed by atoms with Crippen LogP contribution in [0.1, 0.15) is 24.1 Å². The number of hydrogen-bond acceptors (Lipinski definition) is 3. The topological polar surface area (TPSA) is 72.9 Å². The van der Waals surface area contributed by atoms with Crippen LogP contribution < -0.4 is 11.1 Å². The maximum Gasteiger partial charge on any atom is 0.244 e. The van der Waals surface area contributed by atoms with Gasteiger partial charge in [-0.3, -0.25) is 9.48 Å². The summed E-state index contributed by atoms with van der Waals surface area (Å²) in [7, 11) is 0. The molecule has 0 radical (unpaired) electrons. The van der Waals surface area contributed by atoms with Crippen molar-refractivity contribution in [3.63, 3.8) is 0 Å². The number of hydrogen-bond donors (Lipinski definition) is 2. The molecule has 1 amide bonds. The van der Waals surface area contributed by atoms with Crippen molar-refractivity contribution in [1.82, 2.24) is 15.1 Å². The highest BCUT2D eigenvalue weighted by molar-refractivity contribution is 5.79. The SMILES string of the molecule is CC(C(=O)NCc1ccc(CCN)cc1)n1cccn1. The Morgan fingerprint density at radius 1 is 1.35 bits per heavy atom. The molecule has 3 N–H and O–H groups in total. The van der Waals surface area contributed by atoms with E-state index in [0.717, 1.165) is 12.0 Å². The second kappa shape index (κ2) is 6.86. The molecule has 5 heteroatoms. The minimum Gasteiger partial charge on any atom is -0.350 e. The molecule has 0 fully saturated rings. The molecule has 2 aromatic rings. The number of nitrogens with zero attached hydrogens (tertiary/aromatic N) is 2. The van der Waals surface area contributed by atoms with Gasteiger partial charge < -0.3 is 11.1 Å². The number of benzene rings is 1. The smallest absolute Gasteiger partial charge is 0.244 e. The first kappa shape index (κ1) is 14.3. The molecule has 0 aliphatic carbocycles. The summed E-state index contributed by atoms with van der Waals surface area (Å²) in [4.78, 5) is 12.0. The summed E-state index contributed by atoms with van der Waals surface area (Å²) in [6.07, 6.45) is 4.33. The first-order valence-electron chi connectivity index (χ1n) is 6.75. The van der Waals surface area contributed by atoms with E-state index in [2.05, 4.69) is 10.4 Å². The Kier molecular flexibility index (Phi) is 4.90. The van der Waals surface area contributed by atoms with E-state index in [1.165, 1.54) is 5.56 Å². The fraction of sp³-hybridized carbons (Fsp3) is 0.333. The van der Waals surface area contributed by atoms with Crippen molar-refractivity contribution >= 4 is 5.91 Å². The fourth-order valence-electron chi connectivity index (χ4n) is 1.96. The molecular formula is C15H20N4O.